The highest BCUT2D eigenvalue weighted by Crippen LogP contribution is 2.55. The standard InChI is InChI=1S/C20H36N2O/c1-17(2)18-13-20(14-18)15-22(16-20)19-7-10-21(11-8-19)9-5-3-4-6-12-23/h12,17-19H,3-11,13-16H2,1-2H3. The highest BCUT2D eigenvalue weighted by atomic mass is 16.1. The molecule has 0 amide bonds. The molecule has 0 bridgehead atoms. The first-order chi connectivity index (χ1) is 11.1. The van der Waals surface area contributed by atoms with Gasteiger partial charge in [-0.25, -0.2) is 0 Å². The van der Waals surface area contributed by atoms with Gasteiger partial charge < -0.3 is 9.69 Å². The van der Waals surface area contributed by atoms with Crippen molar-refractivity contribution in [2.75, 3.05) is 32.7 Å². The van der Waals surface area contributed by atoms with Gasteiger partial charge in [-0.05, 0) is 75.4 Å². The smallest absolute Gasteiger partial charge is 0.119 e. The molecule has 0 unspecified atom stereocenters. The van der Waals surface area contributed by atoms with E-state index in [0.29, 0.717) is 0 Å². The Kier molecular flexibility index (Phi) is 5.79. The van der Waals surface area contributed by atoms with E-state index in [1.165, 1.54) is 71.2 Å². The van der Waals surface area contributed by atoms with Crippen LogP contribution >= 0.6 is 0 Å². The number of rotatable bonds is 8. The van der Waals surface area contributed by atoms with Crippen molar-refractivity contribution in [3.05, 3.63) is 0 Å². The largest absolute Gasteiger partial charge is 0.303 e. The Balaban J connectivity index is 1.27. The Morgan fingerprint density at radius 2 is 1.78 bits per heavy atom. The number of hydrogen-bond acceptors (Lipinski definition) is 3. The van der Waals surface area contributed by atoms with Crippen LogP contribution in [0.15, 0.2) is 0 Å². The third-order valence-corrected chi connectivity index (χ3v) is 6.78. The molecule has 3 rings (SSSR count). The van der Waals surface area contributed by atoms with E-state index in [-0.39, 0.29) is 0 Å². The molecule has 3 heteroatoms. The van der Waals surface area contributed by atoms with Gasteiger partial charge in [-0.2, -0.15) is 0 Å². The lowest BCUT2D eigenvalue weighted by molar-refractivity contribution is -0.129. The summed E-state index contributed by atoms with van der Waals surface area (Å²) in [7, 11) is 0. The molecule has 0 aromatic carbocycles. The molecule has 1 spiro atoms. The number of hydrogen-bond donors (Lipinski definition) is 0. The van der Waals surface area contributed by atoms with Crippen molar-refractivity contribution < 1.29 is 4.79 Å². The van der Waals surface area contributed by atoms with Crippen molar-refractivity contribution in [1.29, 1.82) is 0 Å². The Labute approximate surface area is 142 Å². The predicted molar refractivity (Wildman–Crippen MR) is 95.6 cm³/mol. The van der Waals surface area contributed by atoms with E-state index in [0.717, 1.165) is 42.4 Å². The summed E-state index contributed by atoms with van der Waals surface area (Å²) >= 11 is 0. The fraction of sp³-hybridized carbons (Fsp3) is 0.950. The maximum atomic E-state index is 10.3. The zero-order chi connectivity index (χ0) is 16.3. The molecule has 23 heavy (non-hydrogen) atoms. The summed E-state index contributed by atoms with van der Waals surface area (Å²) in [6.45, 7) is 11.4. The number of nitrogens with zero attached hydrogens (tertiary/aromatic N) is 2. The molecule has 0 N–H and O–H groups in total. The zero-order valence-electron chi connectivity index (χ0n) is 15.3. The summed E-state index contributed by atoms with van der Waals surface area (Å²) in [5, 5.41) is 0. The maximum absolute atomic E-state index is 10.3. The minimum atomic E-state index is 0.741. The number of carbonyl (C=O) groups is 1. The van der Waals surface area contributed by atoms with Crippen LogP contribution in [0, 0.1) is 17.3 Å². The van der Waals surface area contributed by atoms with Crippen LogP contribution in [-0.4, -0.2) is 54.9 Å². The van der Waals surface area contributed by atoms with Gasteiger partial charge in [-0.3, -0.25) is 4.90 Å². The maximum Gasteiger partial charge on any atom is 0.119 e. The summed E-state index contributed by atoms with van der Waals surface area (Å²) in [6.07, 6.45) is 11.1. The van der Waals surface area contributed by atoms with Gasteiger partial charge in [0.15, 0.2) is 0 Å². The van der Waals surface area contributed by atoms with Crippen molar-refractivity contribution in [1.82, 2.24) is 9.80 Å². The molecule has 132 valence electrons. The SMILES string of the molecule is CC(C)C1CC2(C1)CN(C1CCN(CCCCCC=O)CC1)C2. The van der Waals surface area contributed by atoms with Crippen molar-refractivity contribution in [3.8, 4) is 0 Å². The lowest BCUT2D eigenvalue weighted by atomic mass is 9.55. The highest BCUT2D eigenvalue weighted by molar-refractivity contribution is 5.48. The molecule has 2 saturated heterocycles. The molecule has 3 fully saturated rings. The minimum absolute atomic E-state index is 0.741. The lowest BCUT2D eigenvalue weighted by Crippen LogP contribution is -2.66. The van der Waals surface area contributed by atoms with E-state index in [4.69, 9.17) is 0 Å². The van der Waals surface area contributed by atoms with Crippen LogP contribution in [0.2, 0.25) is 0 Å². The van der Waals surface area contributed by atoms with Crippen LogP contribution in [0.25, 0.3) is 0 Å². The summed E-state index contributed by atoms with van der Waals surface area (Å²) in [4.78, 5) is 15.7. The molecule has 1 saturated carbocycles. The molecular formula is C20H36N2O. The molecule has 3 aliphatic rings. The normalized spacial score (nSPS) is 26.4. The Morgan fingerprint density at radius 1 is 1.09 bits per heavy atom. The second kappa shape index (κ2) is 7.65. The predicted octanol–water partition coefficient (Wildman–Crippen LogP) is 3.58. The number of likely N-dealkylation sites (tertiary alicyclic amines) is 2. The van der Waals surface area contributed by atoms with Crippen LogP contribution < -0.4 is 0 Å². The molecule has 2 heterocycles. The molecule has 0 aromatic heterocycles. The average Bonchev–Trinajstić information content (AvgIpc) is 2.45. The van der Waals surface area contributed by atoms with E-state index in [9.17, 15) is 4.79 Å². The second-order valence-corrected chi connectivity index (χ2v) is 8.91. The van der Waals surface area contributed by atoms with E-state index in [1.54, 1.807) is 0 Å². The zero-order valence-corrected chi connectivity index (χ0v) is 15.3. The third-order valence-electron chi connectivity index (χ3n) is 6.78. The van der Waals surface area contributed by atoms with Gasteiger partial charge in [0, 0.05) is 25.6 Å². The van der Waals surface area contributed by atoms with Crippen LogP contribution in [-0.2, 0) is 4.79 Å². The first-order valence-electron chi connectivity index (χ1n) is 10.0. The van der Waals surface area contributed by atoms with E-state index in [1.807, 2.05) is 0 Å². The Bertz CT molecular complexity index is 373. The summed E-state index contributed by atoms with van der Waals surface area (Å²) < 4.78 is 0. The quantitative estimate of drug-likeness (QED) is 0.504. The van der Waals surface area contributed by atoms with Crippen LogP contribution in [0.3, 0.4) is 0 Å². The third kappa shape index (κ3) is 4.17. The van der Waals surface area contributed by atoms with Gasteiger partial charge in [0.25, 0.3) is 0 Å². The molecule has 0 atom stereocenters. The molecule has 0 aromatic rings. The van der Waals surface area contributed by atoms with Crippen molar-refractivity contribution in [2.24, 2.45) is 17.3 Å². The Hall–Kier alpha value is -0.410. The fourth-order valence-corrected chi connectivity index (χ4v) is 5.10. The highest BCUT2D eigenvalue weighted by Gasteiger charge is 2.53. The molecule has 2 aliphatic heterocycles. The molecule has 3 nitrogen and oxygen atoms in total. The second-order valence-electron chi connectivity index (χ2n) is 8.91. The number of carbonyl (C=O) groups excluding carboxylic acids is 1. The molecule has 1 aliphatic carbocycles. The van der Waals surface area contributed by atoms with E-state index < -0.39 is 0 Å². The van der Waals surface area contributed by atoms with E-state index in [2.05, 4.69) is 23.6 Å². The first-order valence-corrected chi connectivity index (χ1v) is 10.0. The Morgan fingerprint density at radius 3 is 2.39 bits per heavy atom. The topological polar surface area (TPSA) is 23.6 Å². The molecular weight excluding hydrogens is 284 g/mol. The van der Waals surface area contributed by atoms with Crippen molar-refractivity contribution in [3.63, 3.8) is 0 Å². The number of unbranched alkanes of at least 4 members (excludes halogenated alkanes) is 3. The first kappa shape index (κ1) is 17.4. The average molecular weight is 321 g/mol. The fourth-order valence-electron chi connectivity index (χ4n) is 5.10. The van der Waals surface area contributed by atoms with Gasteiger partial charge >= 0.3 is 0 Å². The summed E-state index contributed by atoms with van der Waals surface area (Å²) in [6, 6.07) is 0.866. The van der Waals surface area contributed by atoms with Crippen molar-refractivity contribution >= 4 is 6.29 Å². The minimum Gasteiger partial charge on any atom is -0.303 e. The van der Waals surface area contributed by atoms with Gasteiger partial charge in [0.05, 0.1) is 0 Å². The van der Waals surface area contributed by atoms with Crippen LogP contribution in [0.4, 0.5) is 0 Å². The summed E-state index contributed by atoms with van der Waals surface area (Å²) in [5.41, 5.74) is 0.741. The van der Waals surface area contributed by atoms with Gasteiger partial charge in [0.1, 0.15) is 6.29 Å². The van der Waals surface area contributed by atoms with Gasteiger partial charge in [0.2, 0.25) is 0 Å². The lowest BCUT2D eigenvalue weighted by Gasteiger charge is -2.62. The van der Waals surface area contributed by atoms with Gasteiger partial charge in [-0.1, -0.05) is 20.3 Å². The van der Waals surface area contributed by atoms with Crippen molar-refractivity contribution in [2.45, 2.75) is 71.3 Å². The monoisotopic (exact) mass is 320 g/mol. The molecule has 0 radical (unpaired) electrons. The van der Waals surface area contributed by atoms with Crippen LogP contribution in [0.5, 0.6) is 0 Å². The van der Waals surface area contributed by atoms with E-state index >= 15 is 0 Å². The number of piperidine rings is 1. The summed E-state index contributed by atoms with van der Waals surface area (Å²) in [5.74, 6) is 1.91. The number of aldehydes is 1. The van der Waals surface area contributed by atoms with Gasteiger partial charge in [-0.15, -0.1) is 0 Å². The van der Waals surface area contributed by atoms with Crippen LogP contribution in [0.1, 0.15) is 65.2 Å².